The maximum atomic E-state index is 4.30. The molecule has 14 heavy (non-hydrogen) atoms. The summed E-state index contributed by atoms with van der Waals surface area (Å²) in [6.45, 7) is 13.9. The summed E-state index contributed by atoms with van der Waals surface area (Å²) in [6, 6.07) is 0. The van der Waals surface area contributed by atoms with Crippen molar-refractivity contribution in [3.05, 3.63) is 37.6 Å². The zero-order valence-corrected chi connectivity index (χ0v) is 9.59. The van der Waals surface area contributed by atoms with E-state index in [1.54, 1.807) is 12.3 Å². The number of hydrogen-bond donors (Lipinski definition) is 0. The molecule has 1 heteroatoms. The van der Waals surface area contributed by atoms with Crippen LogP contribution in [0.15, 0.2) is 42.6 Å². The zero-order valence-electron chi connectivity index (χ0n) is 9.59. The highest BCUT2D eigenvalue weighted by Gasteiger charge is 2.21. The molecule has 0 aliphatic carbocycles. The van der Waals surface area contributed by atoms with Crippen LogP contribution in [0.1, 0.15) is 33.6 Å². The number of allylic oxidation sites excluding steroid dienone is 3. The maximum absolute atomic E-state index is 4.30. The van der Waals surface area contributed by atoms with E-state index in [2.05, 4.69) is 38.9 Å². The van der Waals surface area contributed by atoms with Gasteiger partial charge in [-0.05, 0) is 12.5 Å². The molecule has 0 N–H and O–H groups in total. The fraction of sp³-hybridized carbons (Fsp3) is 0.462. The summed E-state index contributed by atoms with van der Waals surface area (Å²) in [5, 5.41) is 0. The Bertz CT molecular complexity index is 244. The molecule has 0 saturated carbocycles. The Hall–Kier alpha value is -1.11. The van der Waals surface area contributed by atoms with Crippen molar-refractivity contribution in [2.45, 2.75) is 33.6 Å². The quantitative estimate of drug-likeness (QED) is 0.442. The molecule has 0 rings (SSSR count). The van der Waals surface area contributed by atoms with E-state index >= 15 is 0 Å². The van der Waals surface area contributed by atoms with Crippen LogP contribution >= 0.6 is 0 Å². The van der Waals surface area contributed by atoms with E-state index in [1.165, 1.54) is 0 Å². The van der Waals surface area contributed by atoms with Gasteiger partial charge < -0.3 is 0 Å². The van der Waals surface area contributed by atoms with Gasteiger partial charge in [0.2, 0.25) is 0 Å². The second-order valence-corrected chi connectivity index (χ2v) is 3.93. The second-order valence-electron chi connectivity index (χ2n) is 3.93. The first kappa shape index (κ1) is 12.9. The lowest BCUT2D eigenvalue weighted by molar-refractivity contribution is 0.471. The van der Waals surface area contributed by atoms with Crippen molar-refractivity contribution in [1.29, 1.82) is 0 Å². The monoisotopic (exact) mass is 191 g/mol. The number of rotatable bonds is 6. The standard InChI is InChI=1S/C13H21N/c1-6-9-10-12(14-8-3)13(4,5)11-7-2/h6,8-10H,1,3,7,11H2,2,4-5H3/b10-9-,14-12+. The smallest absolute Gasteiger partial charge is 0.0459 e. The Morgan fingerprint density at radius 2 is 2.00 bits per heavy atom. The number of hydrogen-bond acceptors (Lipinski definition) is 1. The van der Waals surface area contributed by atoms with Gasteiger partial charge in [0.05, 0.1) is 0 Å². The van der Waals surface area contributed by atoms with Gasteiger partial charge in [-0.15, -0.1) is 0 Å². The van der Waals surface area contributed by atoms with Crippen LogP contribution in [-0.4, -0.2) is 5.71 Å². The van der Waals surface area contributed by atoms with Crippen molar-refractivity contribution in [3.8, 4) is 0 Å². The molecule has 78 valence electrons. The molecule has 1 nitrogen and oxygen atoms in total. The lowest BCUT2D eigenvalue weighted by Gasteiger charge is -2.23. The summed E-state index contributed by atoms with van der Waals surface area (Å²) >= 11 is 0. The molecule has 0 aromatic carbocycles. The second kappa shape index (κ2) is 6.36. The molecule has 0 amide bonds. The van der Waals surface area contributed by atoms with E-state index in [0.717, 1.165) is 18.6 Å². The largest absolute Gasteiger partial charge is 0.261 e. The molecule has 0 aliphatic rings. The third-order valence-electron chi connectivity index (χ3n) is 2.19. The van der Waals surface area contributed by atoms with Crippen LogP contribution in [0.2, 0.25) is 0 Å². The highest BCUT2D eigenvalue weighted by molar-refractivity contribution is 5.99. The first-order valence-corrected chi connectivity index (χ1v) is 5.06. The molecule has 0 radical (unpaired) electrons. The van der Waals surface area contributed by atoms with Crippen molar-refractivity contribution >= 4 is 5.71 Å². The summed E-state index contributed by atoms with van der Waals surface area (Å²) in [5.74, 6) is 0. The Kier molecular flexibility index (Phi) is 5.86. The van der Waals surface area contributed by atoms with E-state index in [1.807, 2.05) is 12.2 Å². The van der Waals surface area contributed by atoms with E-state index in [-0.39, 0.29) is 5.41 Å². The summed E-state index contributed by atoms with van der Waals surface area (Å²) in [4.78, 5) is 4.30. The van der Waals surface area contributed by atoms with Gasteiger partial charge in [0.25, 0.3) is 0 Å². The zero-order chi connectivity index (χ0) is 11.0. The highest BCUT2D eigenvalue weighted by Crippen LogP contribution is 2.25. The topological polar surface area (TPSA) is 12.4 Å². The van der Waals surface area contributed by atoms with Gasteiger partial charge in [0, 0.05) is 17.3 Å². The summed E-state index contributed by atoms with van der Waals surface area (Å²) in [6.07, 6.45) is 9.57. The van der Waals surface area contributed by atoms with Crippen LogP contribution in [0, 0.1) is 5.41 Å². The molecule has 0 aromatic heterocycles. The Morgan fingerprint density at radius 3 is 2.43 bits per heavy atom. The van der Waals surface area contributed by atoms with Crippen molar-refractivity contribution in [1.82, 2.24) is 0 Å². The van der Waals surface area contributed by atoms with Crippen LogP contribution < -0.4 is 0 Å². The van der Waals surface area contributed by atoms with Crippen LogP contribution in [0.3, 0.4) is 0 Å². The third-order valence-corrected chi connectivity index (χ3v) is 2.19. The molecule has 0 saturated heterocycles. The van der Waals surface area contributed by atoms with Crippen molar-refractivity contribution in [3.63, 3.8) is 0 Å². The molecule has 0 unspecified atom stereocenters. The Labute approximate surface area is 87.9 Å². The fourth-order valence-electron chi connectivity index (χ4n) is 1.45. The summed E-state index contributed by atoms with van der Waals surface area (Å²) in [7, 11) is 0. The van der Waals surface area contributed by atoms with Gasteiger partial charge in [0.15, 0.2) is 0 Å². The van der Waals surface area contributed by atoms with Gasteiger partial charge >= 0.3 is 0 Å². The van der Waals surface area contributed by atoms with Gasteiger partial charge in [-0.3, -0.25) is 4.99 Å². The Balaban J connectivity index is 4.80. The van der Waals surface area contributed by atoms with Crippen LogP contribution in [0.4, 0.5) is 0 Å². The minimum atomic E-state index is 0.114. The van der Waals surface area contributed by atoms with E-state index in [0.29, 0.717) is 0 Å². The minimum Gasteiger partial charge on any atom is -0.261 e. The lowest BCUT2D eigenvalue weighted by atomic mass is 9.82. The molecule has 0 spiro atoms. The van der Waals surface area contributed by atoms with Crippen molar-refractivity contribution in [2.75, 3.05) is 0 Å². The van der Waals surface area contributed by atoms with Crippen LogP contribution in [-0.2, 0) is 0 Å². The van der Waals surface area contributed by atoms with Gasteiger partial charge in [-0.25, -0.2) is 0 Å². The fourth-order valence-corrected chi connectivity index (χ4v) is 1.45. The first-order chi connectivity index (χ1) is 6.58. The normalized spacial score (nSPS) is 13.2. The minimum absolute atomic E-state index is 0.114. The van der Waals surface area contributed by atoms with E-state index < -0.39 is 0 Å². The van der Waals surface area contributed by atoms with E-state index in [4.69, 9.17) is 0 Å². The molecule has 0 aliphatic heterocycles. The molecular formula is C13H21N. The average Bonchev–Trinajstić information content (AvgIpc) is 2.11. The van der Waals surface area contributed by atoms with E-state index in [9.17, 15) is 0 Å². The summed E-state index contributed by atoms with van der Waals surface area (Å²) in [5.41, 5.74) is 1.18. The molecule has 0 aromatic rings. The lowest BCUT2D eigenvalue weighted by Crippen LogP contribution is -2.22. The maximum Gasteiger partial charge on any atom is 0.0459 e. The van der Waals surface area contributed by atoms with Gasteiger partial charge in [-0.1, -0.05) is 52.5 Å². The molecule has 0 bridgehead atoms. The molecular weight excluding hydrogens is 170 g/mol. The predicted molar refractivity (Wildman–Crippen MR) is 65.7 cm³/mol. The average molecular weight is 191 g/mol. The number of aliphatic imine (C=N–C) groups is 1. The van der Waals surface area contributed by atoms with Crippen molar-refractivity contribution in [2.24, 2.45) is 10.4 Å². The molecule has 0 heterocycles. The predicted octanol–water partition coefficient (Wildman–Crippen LogP) is 4.14. The molecule has 0 atom stereocenters. The Morgan fingerprint density at radius 1 is 1.36 bits per heavy atom. The first-order valence-electron chi connectivity index (χ1n) is 5.06. The van der Waals surface area contributed by atoms with Crippen LogP contribution in [0.5, 0.6) is 0 Å². The molecule has 0 fully saturated rings. The van der Waals surface area contributed by atoms with Crippen molar-refractivity contribution < 1.29 is 0 Å². The number of nitrogens with zero attached hydrogens (tertiary/aromatic N) is 1. The third kappa shape index (κ3) is 4.22. The SMILES string of the molecule is C=C/C=C\C(=N/C=C)C(C)(C)CCC. The van der Waals surface area contributed by atoms with Gasteiger partial charge in [0.1, 0.15) is 0 Å². The summed E-state index contributed by atoms with van der Waals surface area (Å²) < 4.78 is 0. The van der Waals surface area contributed by atoms with Crippen LogP contribution in [0.25, 0.3) is 0 Å². The van der Waals surface area contributed by atoms with Gasteiger partial charge in [-0.2, -0.15) is 0 Å². The highest BCUT2D eigenvalue weighted by atomic mass is 14.7.